The van der Waals surface area contributed by atoms with Crippen molar-refractivity contribution in [1.82, 2.24) is 0 Å². The quantitative estimate of drug-likeness (QED) is 0.360. The van der Waals surface area contributed by atoms with Gasteiger partial charge >= 0.3 is 37.8 Å². The van der Waals surface area contributed by atoms with Gasteiger partial charge in [-0.3, -0.25) is 4.57 Å². The third-order valence-corrected chi connectivity index (χ3v) is 0.787. The molecule has 0 aliphatic heterocycles. The molecule has 9 heteroatoms. The van der Waals surface area contributed by atoms with E-state index in [0.717, 1.165) is 0 Å². The van der Waals surface area contributed by atoms with Gasteiger partial charge in [-0.05, 0) is 6.92 Å². The summed E-state index contributed by atoms with van der Waals surface area (Å²) in [6, 6.07) is 0. The summed E-state index contributed by atoms with van der Waals surface area (Å²) in [6.07, 6.45) is 0. The van der Waals surface area contributed by atoms with Crippen LogP contribution in [-0.2, 0) is 13.7 Å². The van der Waals surface area contributed by atoms with Crippen LogP contribution in [0.25, 0.3) is 0 Å². The summed E-state index contributed by atoms with van der Waals surface area (Å²) in [6.45, 7) is 1.88. The Balaban J connectivity index is -0.000000114. The number of rotatable bonds is 2. The van der Waals surface area contributed by atoms with Crippen molar-refractivity contribution in [2.24, 2.45) is 0 Å². The van der Waals surface area contributed by atoms with Crippen molar-refractivity contribution in [3.05, 3.63) is 0 Å². The number of hydrogen-bond donors (Lipinski definition) is 2. The van der Waals surface area contributed by atoms with Crippen molar-refractivity contribution in [1.29, 1.82) is 0 Å². The zero-order chi connectivity index (χ0) is 8.57. The third-order valence-electron chi connectivity index (χ3n) is 0.262. The van der Waals surface area contributed by atoms with Gasteiger partial charge in [0.05, 0.1) is 0 Å². The third kappa shape index (κ3) is 52.9. The molecule has 0 heterocycles. The van der Waals surface area contributed by atoms with Crippen molar-refractivity contribution in [3.8, 4) is 0 Å². The molecule has 0 radical (unpaired) electrons. The Morgan fingerprint density at radius 2 is 1.73 bits per heavy atom. The Labute approximate surface area is 87.8 Å². The van der Waals surface area contributed by atoms with Crippen molar-refractivity contribution >= 4 is 16.5 Å². The minimum Gasteiger partial charge on any atom is -0.781 e. The monoisotopic (exact) mass is 214 g/mol. The van der Waals surface area contributed by atoms with Crippen LogP contribution in [0.2, 0.25) is 0 Å². The first-order chi connectivity index (χ1) is 4.50. The summed E-state index contributed by atoms with van der Waals surface area (Å²) < 4.78 is 22.2. The van der Waals surface area contributed by atoms with E-state index in [-0.39, 0.29) is 36.2 Å². The van der Waals surface area contributed by atoms with Gasteiger partial charge in [-0.25, -0.2) is 0 Å². The van der Waals surface area contributed by atoms with Gasteiger partial charge in [-0.15, -0.1) is 0 Å². The first-order valence-corrected chi connectivity index (χ1v) is 4.79. The molecule has 0 spiro atoms. The molecule has 0 amide bonds. The standard InChI is InChI=1S/C2H7O3P.Na.H3O3P/c1-2-5-6(3)4;;1-4(2)3/h6H,2H2,1H3,(H,3,4);;4H,(H2,1,2,3)/q;+1;/p-1. The van der Waals surface area contributed by atoms with Crippen LogP contribution in [0.3, 0.4) is 0 Å². The minimum absolute atomic E-state index is 0. The molecule has 1 atom stereocenters. The molecule has 0 bridgehead atoms. The second-order valence-electron chi connectivity index (χ2n) is 0.966. The zero-order valence-corrected chi connectivity index (χ0v) is 10.2. The van der Waals surface area contributed by atoms with E-state index in [1.807, 2.05) is 0 Å². The van der Waals surface area contributed by atoms with Crippen LogP contribution >= 0.6 is 16.5 Å². The van der Waals surface area contributed by atoms with Gasteiger partial charge in [0.25, 0.3) is 0 Å². The van der Waals surface area contributed by atoms with E-state index in [4.69, 9.17) is 14.4 Å². The minimum atomic E-state index is -3.13. The Morgan fingerprint density at radius 3 is 1.73 bits per heavy atom. The average molecular weight is 214 g/mol. The second kappa shape index (κ2) is 13.9. The molecule has 0 saturated carbocycles. The van der Waals surface area contributed by atoms with Gasteiger partial charge in [0.2, 0.25) is 0 Å². The van der Waals surface area contributed by atoms with E-state index < -0.39 is 16.5 Å². The molecule has 0 aromatic rings. The van der Waals surface area contributed by atoms with Crippen LogP contribution in [-0.4, -0.2) is 16.4 Å². The van der Waals surface area contributed by atoms with Crippen molar-refractivity contribution in [2.75, 3.05) is 6.61 Å². The van der Waals surface area contributed by atoms with Crippen LogP contribution in [0.5, 0.6) is 0 Å². The molecule has 64 valence electrons. The summed E-state index contributed by atoms with van der Waals surface area (Å²) in [7, 11) is -6.02. The van der Waals surface area contributed by atoms with Crippen LogP contribution < -0.4 is 34.5 Å². The van der Waals surface area contributed by atoms with Gasteiger partial charge in [-0.2, -0.15) is 0 Å². The molecule has 6 nitrogen and oxygen atoms in total. The summed E-state index contributed by atoms with van der Waals surface area (Å²) in [5.74, 6) is 0. The fourth-order valence-electron chi connectivity index (χ4n) is 0.118. The predicted molar refractivity (Wildman–Crippen MR) is 34.1 cm³/mol. The topological polar surface area (TPSA) is 107 Å². The largest absolute Gasteiger partial charge is 1.00 e. The van der Waals surface area contributed by atoms with E-state index in [2.05, 4.69) is 4.52 Å². The SMILES string of the molecule is CCO[PH](=O)[O-].O=[PH](O)O.[Na+]. The fraction of sp³-hybridized carbons (Fsp3) is 1.00. The molecular weight excluding hydrogens is 205 g/mol. The predicted octanol–water partition coefficient (Wildman–Crippen LogP) is -3.86. The van der Waals surface area contributed by atoms with Gasteiger partial charge in [0, 0.05) is 6.61 Å². The van der Waals surface area contributed by atoms with Gasteiger partial charge < -0.3 is 23.8 Å². The fourth-order valence-corrected chi connectivity index (χ4v) is 0.354. The Morgan fingerprint density at radius 1 is 1.45 bits per heavy atom. The maximum atomic E-state index is 9.45. The zero-order valence-electron chi connectivity index (χ0n) is 6.23. The second-order valence-corrected chi connectivity index (χ2v) is 2.32. The van der Waals surface area contributed by atoms with Gasteiger partial charge in [-0.1, -0.05) is 0 Å². The normalized spacial score (nSPS) is 11.0. The molecular formula is C2H9NaO6P2. The van der Waals surface area contributed by atoms with Gasteiger partial charge in [0.15, 0.2) is 0 Å². The van der Waals surface area contributed by atoms with E-state index in [0.29, 0.717) is 0 Å². The summed E-state index contributed by atoms with van der Waals surface area (Å²) in [5, 5.41) is 0. The van der Waals surface area contributed by atoms with E-state index in [1.54, 1.807) is 6.92 Å². The van der Waals surface area contributed by atoms with Crippen molar-refractivity contribution in [2.45, 2.75) is 6.92 Å². The smallest absolute Gasteiger partial charge is 0.781 e. The Kier molecular flexibility index (Phi) is 22.9. The molecule has 0 aliphatic carbocycles. The maximum absolute atomic E-state index is 9.45. The molecule has 1 unspecified atom stereocenters. The molecule has 0 aromatic carbocycles. The Hall–Kier alpha value is 1.30. The molecule has 0 rings (SSSR count). The molecule has 2 N–H and O–H groups in total. The van der Waals surface area contributed by atoms with E-state index in [9.17, 15) is 9.46 Å². The first kappa shape index (κ1) is 18.2. The van der Waals surface area contributed by atoms with Crippen LogP contribution in [0.15, 0.2) is 0 Å². The summed E-state index contributed by atoms with van der Waals surface area (Å²) in [4.78, 5) is 23.8. The molecule has 0 saturated heterocycles. The van der Waals surface area contributed by atoms with E-state index >= 15 is 0 Å². The summed E-state index contributed by atoms with van der Waals surface area (Å²) in [5.41, 5.74) is 0. The molecule has 0 fully saturated rings. The van der Waals surface area contributed by atoms with E-state index in [1.165, 1.54) is 0 Å². The van der Waals surface area contributed by atoms with Crippen molar-refractivity contribution in [3.63, 3.8) is 0 Å². The Bertz CT molecular complexity index is 113. The summed E-state index contributed by atoms with van der Waals surface area (Å²) >= 11 is 0. The average Bonchev–Trinajstić information content (AvgIpc) is 1.62. The molecule has 0 aromatic heterocycles. The van der Waals surface area contributed by atoms with Gasteiger partial charge in [0.1, 0.15) is 8.25 Å². The van der Waals surface area contributed by atoms with Crippen molar-refractivity contribution < 1.29 is 57.9 Å². The van der Waals surface area contributed by atoms with Crippen LogP contribution in [0, 0.1) is 0 Å². The van der Waals surface area contributed by atoms with Crippen LogP contribution in [0.1, 0.15) is 6.92 Å². The van der Waals surface area contributed by atoms with Crippen LogP contribution in [0.4, 0.5) is 0 Å². The first-order valence-electron chi connectivity index (χ1n) is 2.26. The maximum Gasteiger partial charge on any atom is 1.00 e. The molecule has 11 heavy (non-hydrogen) atoms. The number of hydrogen-bond acceptors (Lipinski definition) is 4. The molecule has 0 aliphatic rings.